The molecule has 118 valence electrons. The van der Waals surface area contributed by atoms with E-state index in [4.69, 9.17) is 5.11 Å². The molecular formula is C14H16AsNO4S2. The van der Waals surface area contributed by atoms with Crippen molar-refractivity contribution in [1.82, 2.24) is 4.98 Å². The summed E-state index contributed by atoms with van der Waals surface area (Å²) >= 11 is -0.288. The van der Waals surface area contributed by atoms with E-state index in [1.807, 2.05) is 19.1 Å². The number of aromatic nitrogens is 1. The van der Waals surface area contributed by atoms with E-state index in [1.54, 1.807) is 19.2 Å². The molecule has 2 rings (SSSR count). The van der Waals surface area contributed by atoms with Crippen molar-refractivity contribution in [2.45, 2.75) is 32.1 Å². The van der Waals surface area contributed by atoms with Crippen LogP contribution in [0.15, 0.2) is 22.4 Å². The first-order chi connectivity index (χ1) is 10.2. The molecule has 0 aliphatic carbocycles. The van der Waals surface area contributed by atoms with Gasteiger partial charge in [-0.05, 0) is 0 Å². The average molecular weight is 401 g/mol. The molecule has 0 fully saturated rings. The van der Waals surface area contributed by atoms with Crippen LogP contribution in [-0.2, 0) is 19.3 Å². The first-order valence-electron chi connectivity index (χ1n) is 6.46. The van der Waals surface area contributed by atoms with E-state index in [0.29, 0.717) is 14.4 Å². The SMILES string of the molecule is Cc1cc(C)c(S(=O)(=O)[AsH]c2nc(CC(=O)O)cs2)c(C)c1. The Morgan fingerprint density at radius 1 is 1.27 bits per heavy atom. The number of aryl methyl sites for hydroxylation is 3. The fraction of sp³-hybridized carbons (Fsp3) is 0.286. The molecule has 1 heterocycles. The first-order valence-corrected chi connectivity index (χ1v) is 12.4. The first kappa shape index (κ1) is 17.2. The van der Waals surface area contributed by atoms with Crippen LogP contribution in [0, 0.1) is 20.8 Å². The molecule has 2 aromatic rings. The van der Waals surface area contributed by atoms with E-state index in [0.717, 1.165) is 16.7 Å². The van der Waals surface area contributed by atoms with Gasteiger partial charge in [-0.3, -0.25) is 0 Å². The van der Waals surface area contributed by atoms with Gasteiger partial charge < -0.3 is 0 Å². The van der Waals surface area contributed by atoms with Crippen LogP contribution >= 0.6 is 11.3 Å². The quantitative estimate of drug-likeness (QED) is 0.760. The summed E-state index contributed by atoms with van der Waals surface area (Å²) in [5, 5.41) is 10.4. The van der Waals surface area contributed by atoms with E-state index < -0.39 is 28.7 Å². The number of carboxylic acids is 1. The number of carbonyl (C=O) groups is 1. The van der Waals surface area contributed by atoms with Gasteiger partial charge in [-0.1, -0.05) is 0 Å². The molecule has 0 bridgehead atoms. The number of rotatable bonds is 5. The summed E-state index contributed by atoms with van der Waals surface area (Å²) in [6.07, 6.45) is -0.175. The molecule has 0 aliphatic rings. The summed E-state index contributed by atoms with van der Waals surface area (Å²) in [5.74, 6) is -0.968. The van der Waals surface area contributed by atoms with Crippen LogP contribution in [-0.4, -0.2) is 39.1 Å². The molecule has 0 radical (unpaired) electrons. The summed E-state index contributed by atoms with van der Waals surface area (Å²) in [6, 6.07) is 3.73. The summed E-state index contributed by atoms with van der Waals surface area (Å²) in [5.41, 5.74) is 2.96. The van der Waals surface area contributed by atoms with Gasteiger partial charge in [0.05, 0.1) is 0 Å². The summed E-state index contributed by atoms with van der Waals surface area (Å²) in [6.45, 7) is 5.54. The summed E-state index contributed by atoms with van der Waals surface area (Å²) < 4.78 is 25.9. The van der Waals surface area contributed by atoms with Crippen LogP contribution in [0.3, 0.4) is 0 Å². The Hall–Kier alpha value is -1.17. The molecule has 1 aromatic carbocycles. The number of aliphatic carboxylic acids is 1. The van der Waals surface area contributed by atoms with Gasteiger partial charge >= 0.3 is 139 Å². The van der Waals surface area contributed by atoms with Gasteiger partial charge in [0.15, 0.2) is 0 Å². The van der Waals surface area contributed by atoms with Gasteiger partial charge in [-0.25, -0.2) is 0 Å². The van der Waals surface area contributed by atoms with Crippen molar-refractivity contribution in [2.24, 2.45) is 0 Å². The minimum absolute atomic E-state index is 0.175. The molecule has 1 aromatic heterocycles. The predicted octanol–water partition coefficient (Wildman–Crippen LogP) is 1.15. The van der Waals surface area contributed by atoms with Gasteiger partial charge in [0.2, 0.25) is 0 Å². The van der Waals surface area contributed by atoms with Crippen LogP contribution in [0.2, 0.25) is 0 Å². The van der Waals surface area contributed by atoms with E-state index in [1.165, 1.54) is 11.3 Å². The Morgan fingerprint density at radius 3 is 2.41 bits per heavy atom. The molecule has 0 saturated carbocycles. The number of nitrogens with zero attached hydrogens (tertiary/aromatic N) is 1. The summed E-state index contributed by atoms with van der Waals surface area (Å²) in [4.78, 5) is 15.2. The third kappa shape index (κ3) is 3.97. The molecule has 8 heteroatoms. The molecule has 0 spiro atoms. The maximum atomic E-state index is 12.7. The van der Waals surface area contributed by atoms with Crippen LogP contribution < -0.4 is 3.80 Å². The Balaban J connectivity index is 2.32. The number of benzene rings is 1. The molecule has 0 saturated heterocycles. The second kappa shape index (κ2) is 6.52. The van der Waals surface area contributed by atoms with E-state index in [9.17, 15) is 13.2 Å². The monoisotopic (exact) mass is 401 g/mol. The maximum absolute atomic E-state index is 12.7. The normalized spacial score (nSPS) is 12.1. The van der Waals surface area contributed by atoms with E-state index in [2.05, 4.69) is 4.98 Å². The predicted molar refractivity (Wildman–Crippen MR) is 88.1 cm³/mol. The van der Waals surface area contributed by atoms with Crippen molar-refractivity contribution in [3.63, 3.8) is 0 Å². The van der Waals surface area contributed by atoms with Gasteiger partial charge in [0.25, 0.3) is 0 Å². The van der Waals surface area contributed by atoms with Crippen LogP contribution in [0.4, 0.5) is 0 Å². The van der Waals surface area contributed by atoms with Crippen molar-refractivity contribution in [2.75, 3.05) is 0 Å². The van der Waals surface area contributed by atoms with Crippen molar-refractivity contribution in [1.29, 1.82) is 0 Å². The zero-order valence-corrected chi connectivity index (χ0v) is 16.1. The molecule has 1 N–H and O–H groups in total. The second-order valence-electron chi connectivity index (χ2n) is 5.05. The third-order valence-electron chi connectivity index (χ3n) is 2.98. The number of hydrogen-bond donors (Lipinski definition) is 1. The standard InChI is InChI=1S/C14H16AsNO4S2/c1-8-4-9(2)13(10(3)5-8)22(19,20)15-14-16-11(7-21-14)6-12(17)18/h4-5,7,15H,6H2,1-3H3,(H,17,18). The molecule has 0 amide bonds. The van der Waals surface area contributed by atoms with Crippen molar-refractivity contribution in [3.8, 4) is 0 Å². The Morgan fingerprint density at radius 2 is 1.86 bits per heavy atom. The van der Waals surface area contributed by atoms with Gasteiger partial charge in [0.1, 0.15) is 0 Å². The number of thiazole rings is 1. The van der Waals surface area contributed by atoms with Gasteiger partial charge in [0, 0.05) is 0 Å². The molecule has 22 heavy (non-hydrogen) atoms. The van der Waals surface area contributed by atoms with Crippen molar-refractivity contribution < 1.29 is 18.3 Å². The van der Waals surface area contributed by atoms with Crippen LogP contribution in [0.25, 0.3) is 0 Å². The fourth-order valence-corrected chi connectivity index (χ4v) is 12.1. The Kier molecular flexibility index (Phi) is 5.10. The Labute approximate surface area is 139 Å². The van der Waals surface area contributed by atoms with Crippen LogP contribution in [0.1, 0.15) is 22.4 Å². The molecule has 5 nitrogen and oxygen atoms in total. The molecular weight excluding hydrogens is 385 g/mol. The number of carboxylic acid groups (broad SMARTS) is 1. The zero-order chi connectivity index (χ0) is 16.5. The molecule has 0 aliphatic heterocycles. The molecule has 1 unspecified atom stereocenters. The second-order valence-corrected chi connectivity index (χ2v) is 13.9. The minimum atomic E-state index is -3.38. The van der Waals surface area contributed by atoms with Crippen molar-refractivity contribution >= 4 is 43.8 Å². The van der Waals surface area contributed by atoms with Crippen molar-refractivity contribution in [3.05, 3.63) is 39.9 Å². The van der Waals surface area contributed by atoms with Crippen LogP contribution in [0.5, 0.6) is 0 Å². The molecule has 1 atom stereocenters. The fourth-order valence-electron chi connectivity index (χ4n) is 2.35. The summed E-state index contributed by atoms with van der Waals surface area (Å²) in [7, 11) is -3.38. The van der Waals surface area contributed by atoms with Gasteiger partial charge in [-0.15, -0.1) is 0 Å². The average Bonchev–Trinajstić information content (AvgIpc) is 2.72. The van der Waals surface area contributed by atoms with E-state index >= 15 is 0 Å². The van der Waals surface area contributed by atoms with E-state index in [-0.39, 0.29) is 6.42 Å². The Bertz CT molecular complexity index is 804. The zero-order valence-electron chi connectivity index (χ0n) is 12.4. The third-order valence-corrected chi connectivity index (χ3v) is 11.7. The van der Waals surface area contributed by atoms with Gasteiger partial charge in [-0.2, -0.15) is 0 Å². The topological polar surface area (TPSA) is 84.3 Å². The number of hydrogen-bond acceptors (Lipinski definition) is 5.